The van der Waals surface area contributed by atoms with E-state index >= 15 is 0 Å². The van der Waals surface area contributed by atoms with Crippen molar-refractivity contribution >= 4 is 17.2 Å². The van der Waals surface area contributed by atoms with Crippen LogP contribution in [0, 0.1) is 6.92 Å². The summed E-state index contributed by atoms with van der Waals surface area (Å²) in [6.45, 7) is 10.1. The van der Waals surface area contributed by atoms with Crippen LogP contribution in [0.25, 0.3) is 0 Å². The molecule has 106 valence electrons. The van der Waals surface area contributed by atoms with Gasteiger partial charge >= 0.3 is 0 Å². The molecular formula is C13H21N3O2S. The van der Waals surface area contributed by atoms with Gasteiger partial charge in [0.05, 0.1) is 25.5 Å². The number of carbonyl (C=O) groups is 1. The Morgan fingerprint density at radius 3 is 2.79 bits per heavy atom. The van der Waals surface area contributed by atoms with E-state index in [1.807, 2.05) is 20.8 Å². The number of amides is 1. The molecule has 1 fully saturated rings. The lowest BCUT2D eigenvalue weighted by atomic mass is 10.3. The quantitative estimate of drug-likeness (QED) is 0.908. The monoisotopic (exact) mass is 283 g/mol. The minimum absolute atomic E-state index is 0.0155. The summed E-state index contributed by atoms with van der Waals surface area (Å²) in [5, 5.41) is 3.92. The molecule has 5 nitrogen and oxygen atoms in total. The highest BCUT2D eigenvalue weighted by molar-refractivity contribution is 7.13. The van der Waals surface area contributed by atoms with Crippen molar-refractivity contribution in [2.24, 2.45) is 0 Å². The second kappa shape index (κ2) is 6.45. The third-order valence-corrected chi connectivity index (χ3v) is 4.07. The van der Waals surface area contributed by atoms with Crippen LogP contribution in [0.5, 0.6) is 0 Å². The topological polar surface area (TPSA) is 54.5 Å². The third kappa shape index (κ3) is 3.99. The predicted octanol–water partition coefficient (Wildman–Crippen LogP) is 1.42. The molecule has 1 amide bonds. The number of thiazole rings is 1. The lowest BCUT2D eigenvalue weighted by molar-refractivity contribution is 0.0341. The fourth-order valence-corrected chi connectivity index (χ4v) is 3.02. The number of morpholine rings is 1. The molecule has 0 atom stereocenters. The summed E-state index contributed by atoms with van der Waals surface area (Å²) in [4.78, 5) is 19.6. The second-order valence-corrected chi connectivity index (χ2v) is 6.12. The maximum atomic E-state index is 12.0. The van der Waals surface area contributed by atoms with Crippen molar-refractivity contribution < 1.29 is 9.53 Å². The van der Waals surface area contributed by atoms with E-state index in [9.17, 15) is 4.79 Å². The number of nitrogens with zero attached hydrogens (tertiary/aromatic N) is 2. The van der Waals surface area contributed by atoms with Gasteiger partial charge in [0.15, 0.2) is 0 Å². The zero-order valence-corrected chi connectivity index (χ0v) is 12.5. The standard InChI is InChI=1S/C13H21N3O2S/c1-9(2)14-13(17)12-10(3)15-11(19-12)8-16-4-6-18-7-5-16/h9H,4-8H2,1-3H3,(H,14,17). The van der Waals surface area contributed by atoms with Gasteiger partial charge in [-0.05, 0) is 20.8 Å². The summed E-state index contributed by atoms with van der Waals surface area (Å²) < 4.78 is 5.33. The molecular weight excluding hydrogens is 262 g/mol. The van der Waals surface area contributed by atoms with E-state index in [0.717, 1.165) is 48.4 Å². The van der Waals surface area contributed by atoms with E-state index in [2.05, 4.69) is 15.2 Å². The summed E-state index contributed by atoms with van der Waals surface area (Å²) in [5.41, 5.74) is 0.825. The number of aryl methyl sites for hydroxylation is 1. The molecule has 1 saturated heterocycles. The van der Waals surface area contributed by atoms with Crippen molar-refractivity contribution in [3.8, 4) is 0 Å². The van der Waals surface area contributed by atoms with E-state index < -0.39 is 0 Å². The smallest absolute Gasteiger partial charge is 0.263 e. The maximum Gasteiger partial charge on any atom is 0.263 e. The van der Waals surface area contributed by atoms with Gasteiger partial charge in [0.25, 0.3) is 5.91 Å². The first-order chi connectivity index (χ1) is 9.06. The number of aromatic nitrogens is 1. The highest BCUT2D eigenvalue weighted by Crippen LogP contribution is 2.20. The summed E-state index contributed by atoms with van der Waals surface area (Å²) in [6, 6.07) is 0.150. The molecule has 0 unspecified atom stereocenters. The molecule has 0 radical (unpaired) electrons. The molecule has 1 N–H and O–H groups in total. The Hall–Kier alpha value is -0.980. The van der Waals surface area contributed by atoms with Crippen LogP contribution in [0.15, 0.2) is 0 Å². The zero-order chi connectivity index (χ0) is 13.8. The van der Waals surface area contributed by atoms with Crippen molar-refractivity contribution in [3.63, 3.8) is 0 Å². The van der Waals surface area contributed by atoms with Crippen molar-refractivity contribution in [3.05, 3.63) is 15.6 Å². The van der Waals surface area contributed by atoms with Gasteiger partial charge in [-0.1, -0.05) is 0 Å². The van der Waals surface area contributed by atoms with Gasteiger partial charge in [-0.2, -0.15) is 0 Å². The zero-order valence-electron chi connectivity index (χ0n) is 11.7. The Morgan fingerprint density at radius 1 is 1.47 bits per heavy atom. The van der Waals surface area contributed by atoms with Crippen molar-refractivity contribution in [1.29, 1.82) is 0 Å². The fourth-order valence-electron chi connectivity index (χ4n) is 2.01. The van der Waals surface area contributed by atoms with Crippen molar-refractivity contribution in [2.75, 3.05) is 26.3 Å². The van der Waals surface area contributed by atoms with E-state index in [0.29, 0.717) is 0 Å². The van der Waals surface area contributed by atoms with Crippen LogP contribution in [0.4, 0.5) is 0 Å². The Kier molecular flexibility index (Phi) is 4.90. The molecule has 0 aromatic carbocycles. The largest absolute Gasteiger partial charge is 0.379 e. The van der Waals surface area contributed by atoms with Crippen LogP contribution < -0.4 is 5.32 Å². The molecule has 1 aliphatic heterocycles. The van der Waals surface area contributed by atoms with Gasteiger partial charge in [-0.3, -0.25) is 9.69 Å². The van der Waals surface area contributed by atoms with Gasteiger partial charge in [0, 0.05) is 19.1 Å². The first kappa shape index (κ1) is 14.4. The molecule has 1 aromatic heterocycles. The van der Waals surface area contributed by atoms with Crippen LogP contribution in [0.3, 0.4) is 0 Å². The van der Waals surface area contributed by atoms with Crippen LogP contribution in [0.1, 0.15) is 34.2 Å². The van der Waals surface area contributed by atoms with Gasteiger partial charge in [-0.25, -0.2) is 4.98 Å². The molecule has 0 bridgehead atoms. The molecule has 0 spiro atoms. The van der Waals surface area contributed by atoms with Crippen molar-refractivity contribution in [1.82, 2.24) is 15.2 Å². The Balaban J connectivity index is 2.01. The predicted molar refractivity (Wildman–Crippen MR) is 75.5 cm³/mol. The first-order valence-corrected chi connectivity index (χ1v) is 7.45. The summed E-state index contributed by atoms with van der Waals surface area (Å²) >= 11 is 1.50. The first-order valence-electron chi connectivity index (χ1n) is 6.63. The molecule has 1 aromatic rings. The minimum Gasteiger partial charge on any atom is -0.379 e. The lowest BCUT2D eigenvalue weighted by Gasteiger charge is -2.25. The van der Waals surface area contributed by atoms with E-state index in [1.54, 1.807) is 0 Å². The Bertz CT molecular complexity index is 439. The summed E-state index contributed by atoms with van der Waals surface area (Å²) in [7, 11) is 0. The van der Waals surface area contributed by atoms with Gasteiger partial charge in [-0.15, -0.1) is 11.3 Å². The number of ether oxygens (including phenoxy) is 1. The van der Waals surface area contributed by atoms with Gasteiger partial charge in [0.2, 0.25) is 0 Å². The summed E-state index contributed by atoms with van der Waals surface area (Å²) in [5.74, 6) is -0.0155. The fraction of sp³-hybridized carbons (Fsp3) is 0.692. The van der Waals surface area contributed by atoms with Gasteiger partial charge < -0.3 is 10.1 Å². The van der Waals surface area contributed by atoms with E-state index in [1.165, 1.54) is 11.3 Å². The molecule has 0 aliphatic carbocycles. The van der Waals surface area contributed by atoms with E-state index in [4.69, 9.17) is 4.74 Å². The highest BCUT2D eigenvalue weighted by Gasteiger charge is 2.18. The van der Waals surface area contributed by atoms with Crippen LogP contribution in [-0.2, 0) is 11.3 Å². The van der Waals surface area contributed by atoms with E-state index in [-0.39, 0.29) is 11.9 Å². The number of nitrogens with one attached hydrogen (secondary N) is 1. The van der Waals surface area contributed by atoms with Crippen molar-refractivity contribution in [2.45, 2.75) is 33.4 Å². The lowest BCUT2D eigenvalue weighted by Crippen LogP contribution is -2.35. The molecule has 0 saturated carbocycles. The number of carbonyl (C=O) groups excluding carboxylic acids is 1. The molecule has 19 heavy (non-hydrogen) atoms. The van der Waals surface area contributed by atoms with Crippen LogP contribution in [0.2, 0.25) is 0 Å². The average Bonchev–Trinajstić information content (AvgIpc) is 2.70. The normalized spacial score (nSPS) is 16.8. The molecule has 1 aliphatic rings. The Morgan fingerprint density at radius 2 is 2.16 bits per heavy atom. The number of hydrogen-bond acceptors (Lipinski definition) is 5. The highest BCUT2D eigenvalue weighted by atomic mass is 32.1. The number of hydrogen-bond donors (Lipinski definition) is 1. The van der Waals surface area contributed by atoms with Crippen LogP contribution in [-0.4, -0.2) is 48.1 Å². The molecule has 6 heteroatoms. The maximum absolute atomic E-state index is 12.0. The molecule has 2 rings (SSSR count). The molecule has 2 heterocycles. The number of rotatable bonds is 4. The minimum atomic E-state index is -0.0155. The summed E-state index contributed by atoms with van der Waals surface area (Å²) in [6.07, 6.45) is 0. The Labute approximate surface area is 118 Å². The van der Waals surface area contributed by atoms with Crippen LogP contribution >= 0.6 is 11.3 Å². The second-order valence-electron chi connectivity index (χ2n) is 5.04. The van der Waals surface area contributed by atoms with Gasteiger partial charge in [0.1, 0.15) is 9.88 Å². The average molecular weight is 283 g/mol. The third-order valence-electron chi connectivity index (χ3n) is 2.93. The SMILES string of the molecule is Cc1nc(CN2CCOCC2)sc1C(=O)NC(C)C.